The summed E-state index contributed by atoms with van der Waals surface area (Å²) < 4.78 is 16.8. The van der Waals surface area contributed by atoms with Gasteiger partial charge in [-0.05, 0) is 109 Å². The zero-order valence-electron chi connectivity index (χ0n) is 54.7. The second-order valence-corrected chi connectivity index (χ2v) is 23.4. The average Bonchev–Trinajstić information content (AvgIpc) is 3.49. The smallest absolute Gasteiger partial charge is 0.306 e. The monoisotopic (exact) mass is 1150 g/mol. The van der Waals surface area contributed by atoms with Gasteiger partial charge >= 0.3 is 17.9 Å². The van der Waals surface area contributed by atoms with Crippen LogP contribution in [0.1, 0.15) is 342 Å². The third-order valence-corrected chi connectivity index (χ3v) is 15.3. The van der Waals surface area contributed by atoms with Crippen molar-refractivity contribution < 1.29 is 28.6 Å². The number of unbranched alkanes of at least 4 members (excludes halogenated alkanes) is 35. The zero-order valence-corrected chi connectivity index (χ0v) is 54.7. The molecule has 476 valence electrons. The average molecular weight is 1150 g/mol. The number of carbonyl (C=O) groups is 3. The van der Waals surface area contributed by atoms with E-state index in [2.05, 4.69) is 130 Å². The number of hydrogen-bond donors (Lipinski definition) is 0. The van der Waals surface area contributed by atoms with Crippen molar-refractivity contribution in [2.75, 3.05) is 13.2 Å². The van der Waals surface area contributed by atoms with Gasteiger partial charge < -0.3 is 14.2 Å². The molecule has 0 aliphatic heterocycles. The molecule has 1 unspecified atom stereocenters. The first kappa shape index (κ1) is 79.1. The van der Waals surface area contributed by atoms with Gasteiger partial charge in [-0.15, -0.1) is 0 Å². The van der Waals surface area contributed by atoms with Gasteiger partial charge in [-0.3, -0.25) is 14.4 Å². The van der Waals surface area contributed by atoms with Crippen molar-refractivity contribution in [1.29, 1.82) is 0 Å². The van der Waals surface area contributed by atoms with Gasteiger partial charge in [0, 0.05) is 19.3 Å². The molecule has 0 aliphatic carbocycles. The van der Waals surface area contributed by atoms with Crippen molar-refractivity contribution in [3.63, 3.8) is 0 Å². The zero-order chi connectivity index (χ0) is 59.9. The van der Waals surface area contributed by atoms with Crippen LogP contribution in [-0.4, -0.2) is 37.2 Å². The quantitative estimate of drug-likeness (QED) is 0.0261. The molecule has 0 heterocycles. The Balaban J connectivity index is 4.01. The van der Waals surface area contributed by atoms with Gasteiger partial charge in [0.05, 0.1) is 0 Å². The fraction of sp³-hybridized carbons (Fsp3) is 0.727. The summed E-state index contributed by atoms with van der Waals surface area (Å²) >= 11 is 0. The first-order valence-corrected chi connectivity index (χ1v) is 35.4. The van der Waals surface area contributed by atoms with Crippen molar-refractivity contribution in [1.82, 2.24) is 0 Å². The predicted octanol–water partition coefficient (Wildman–Crippen LogP) is 24.6. The van der Waals surface area contributed by atoms with E-state index in [0.29, 0.717) is 19.3 Å². The van der Waals surface area contributed by atoms with Crippen molar-refractivity contribution in [2.24, 2.45) is 0 Å². The Morgan fingerprint density at radius 2 is 0.470 bits per heavy atom. The Hall–Kier alpha value is -3.93. The van der Waals surface area contributed by atoms with Crippen LogP contribution in [0.15, 0.2) is 109 Å². The Morgan fingerprint density at radius 3 is 0.735 bits per heavy atom. The number of rotatable bonds is 64. The van der Waals surface area contributed by atoms with Crippen LogP contribution in [0.2, 0.25) is 0 Å². The molecule has 0 bridgehead atoms. The van der Waals surface area contributed by atoms with Gasteiger partial charge in [0.2, 0.25) is 0 Å². The van der Waals surface area contributed by atoms with Crippen LogP contribution in [0.5, 0.6) is 0 Å². The molecule has 0 fully saturated rings. The van der Waals surface area contributed by atoms with Crippen molar-refractivity contribution in [2.45, 2.75) is 348 Å². The van der Waals surface area contributed by atoms with E-state index >= 15 is 0 Å². The number of allylic oxidation sites excluding steroid dienone is 18. The first-order chi connectivity index (χ1) is 41.0. The highest BCUT2D eigenvalue weighted by molar-refractivity contribution is 5.71. The maximum atomic E-state index is 12.9. The molecule has 0 aliphatic rings. The number of esters is 3. The standard InChI is InChI=1S/C77H132O6/c1-4-7-10-13-15-17-19-21-23-25-27-29-31-33-35-37-38-40-41-43-45-47-49-51-53-55-57-59-61-64-67-70-76(79)82-73-74(72-81-75(78)69-66-63-12-9-6-3)83-77(80)71-68-65-62-60-58-56-54-52-50-48-46-44-42-39-36-34-32-30-28-26-24-22-20-18-16-14-11-8-5-2/h7,10,15,17,20-23,26-29,33,35,38,40,43,45,74H,4-6,8-9,11-14,16,18-19,24-25,30-32,34,36-37,39,41-42,44,46-73H2,1-3H3/b10-7-,17-15-,22-20-,23-21-,28-26-,29-27-,35-33-,40-38-,45-43-. The lowest BCUT2D eigenvalue weighted by atomic mass is 10.0. The maximum absolute atomic E-state index is 12.9. The molecule has 0 saturated carbocycles. The van der Waals surface area contributed by atoms with Crippen molar-refractivity contribution >= 4 is 17.9 Å². The molecule has 0 aromatic carbocycles. The summed E-state index contributed by atoms with van der Waals surface area (Å²) in [6, 6.07) is 0. The second-order valence-electron chi connectivity index (χ2n) is 23.4. The molecule has 1 atom stereocenters. The maximum Gasteiger partial charge on any atom is 0.306 e. The fourth-order valence-electron chi connectivity index (χ4n) is 9.99. The summed E-state index contributed by atoms with van der Waals surface area (Å²) in [6.45, 7) is 6.46. The highest BCUT2D eigenvalue weighted by atomic mass is 16.6. The summed E-state index contributed by atoms with van der Waals surface area (Å²) in [6.07, 6.45) is 97.4. The lowest BCUT2D eigenvalue weighted by Gasteiger charge is -2.18. The normalized spacial score (nSPS) is 12.8. The SMILES string of the molecule is CC/C=C\C/C=C\C/C=C\C/C=C\C/C=C\C/C=C\C/C=C\CCCCCCCCCCCC(=O)OCC(COC(=O)CCCCCCC)OC(=O)CCCCCCCCCCCCCCCCCCC/C=C\C/C=C\CCCCCCC. The van der Waals surface area contributed by atoms with E-state index in [9.17, 15) is 14.4 Å². The van der Waals surface area contributed by atoms with Gasteiger partial charge in [0.15, 0.2) is 6.10 Å². The minimum atomic E-state index is -0.778. The summed E-state index contributed by atoms with van der Waals surface area (Å²) in [5.41, 5.74) is 0. The van der Waals surface area contributed by atoms with Crippen LogP contribution in [0.4, 0.5) is 0 Å². The largest absolute Gasteiger partial charge is 0.462 e. The highest BCUT2D eigenvalue weighted by Gasteiger charge is 2.19. The summed E-state index contributed by atoms with van der Waals surface area (Å²) in [7, 11) is 0. The molecule has 6 nitrogen and oxygen atoms in total. The molecule has 0 spiro atoms. The molecule has 0 rings (SSSR count). The Bertz CT molecular complexity index is 1660. The summed E-state index contributed by atoms with van der Waals surface area (Å²) in [5.74, 6) is -0.887. The summed E-state index contributed by atoms with van der Waals surface area (Å²) in [5, 5.41) is 0. The third kappa shape index (κ3) is 68.7. The molecule has 0 aromatic rings. The van der Waals surface area contributed by atoms with E-state index in [1.165, 1.54) is 180 Å². The van der Waals surface area contributed by atoms with E-state index in [1.54, 1.807) is 0 Å². The molecule has 0 aromatic heterocycles. The van der Waals surface area contributed by atoms with E-state index in [-0.39, 0.29) is 31.1 Å². The lowest BCUT2D eigenvalue weighted by Crippen LogP contribution is -2.30. The molecule has 83 heavy (non-hydrogen) atoms. The van der Waals surface area contributed by atoms with Crippen molar-refractivity contribution in [3.8, 4) is 0 Å². The second kappa shape index (κ2) is 70.6. The first-order valence-electron chi connectivity index (χ1n) is 35.4. The van der Waals surface area contributed by atoms with Crippen LogP contribution in [-0.2, 0) is 28.6 Å². The Kier molecular flexibility index (Phi) is 67.2. The molecule has 0 N–H and O–H groups in total. The van der Waals surface area contributed by atoms with Crippen LogP contribution in [0, 0.1) is 0 Å². The van der Waals surface area contributed by atoms with Crippen LogP contribution in [0.25, 0.3) is 0 Å². The fourth-order valence-corrected chi connectivity index (χ4v) is 9.99. The Morgan fingerprint density at radius 1 is 0.253 bits per heavy atom. The third-order valence-electron chi connectivity index (χ3n) is 15.3. The van der Waals surface area contributed by atoms with E-state index < -0.39 is 6.10 Å². The lowest BCUT2D eigenvalue weighted by molar-refractivity contribution is -0.167. The molecule has 0 amide bonds. The van der Waals surface area contributed by atoms with Gasteiger partial charge in [-0.25, -0.2) is 0 Å². The van der Waals surface area contributed by atoms with E-state index in [4.69, 9.17) is 14.2 Å². The number of hydrogen-bond acceptors (Lipinski definition) is 6. The molecule has 0 radical (unpaired) electrons. The van der Waals surface area contributed by atoms with Crippen molar-refractivity contribution in [3.05, 3.63) is 109 Å². The highest BCUT2D eigenvalue weighted by Crippen LogP contribution is 2.17. The van der Waals surface area contributed by atoms with Gasteiger partial charge in [-0.1, -0.05) is 323 Å². The van der Waals surface area contributed by atoms with Gasteiger partial charge in [0.1, 0.15) is 13.2 Å². The number of carbonyl (C=O) groups excluding carboxylic acids is 3. The minimum Gasteiger partial charge on any atom is -0.462 e. The number of ether oxygens (including phenoxy) is 3. The van der Waals surface area contributed by atoms with E-state index in [0.717, 1.165) is 122 Å². The van der Waals surface area contributed by atoms with E-state index in [1.807, 2.05) is 0 Å². The van der Waals surface area contributed by atoms with Gasteiger partial charge in [0.25, 0.3) is 0 Å². The Labute approximate surface area is 514 Å². The predicted molar refractivity (Wildman–Crippen MR) is 362 cm³/mol. The molecular weight excluding hydrogens is 1020 g/mol. The minimum absolute atomic E-state index is 0.0782. The molecule has 0 saturated heterocycles. The van der Waals surface area contributed by atoms with Crippen LogP contribution >= 0.6 is 0 Å². The molecule has 6 heteroatoms. The van der Waals surface area contributed by atoms with Crippen LogP contribution in [0.3, 0.4) is 0 Å². The molecular formula is C77H132O6. The summed E-state index contributed by atoms with van der Waals surface area (Å²) in [4.78, 5) is 38.0. The van der Waals surface area contributed by atoms with Gasteiger partial charge in [-0.2, -0.15) is 0 Å². The van der Waals surface area contributed by atoms with Crippen LogP contribution < -0.4 is 0 Å². The topological polar surface area (TPSA) is 78.9 Å².